The van der Waals surface area contributed by atoms with Crippen molar-refractivity contribution >= 4 is 5.57 Å². The number of benzene rings is 1. The molecule has 21 heavy (non-hydrogen) atoms. The molecule has 1 aromatic carbocycles. The van der Waals surface area contributed by atoms with Gasteiger partial charge in [0, 0.05) is 0 Å². The molecule has 3 aliphatic carbocycles. The molecule has 4 rings (SSSR count). The molecule has 0 saturated heterocycles. The van der Waals surface area contributed by atoms with Crippen LogP contribution in [0.3, 0.4) is 0 Å². The summed E-state index contributed by atoms with van der Waals surface area (Å²) in [5, 5.41) is 0. The van der Waals surface area contributed by atoms with Crippen molar-refractivity contribution in [2.75, 3.05) is 7.11 Å². The molecule has 0 aromatic heterocycles. The minimum atomic E-state index is 0.556. The molecule has 0 bridgehead atoms. The van der Waals surface area contributed by atoms with E-state index in [1.807, 2.05) is 0 Å². The third-order valence-electron chi connectivity index (χ3n) is 6.57. The number of aryl methyl sites for hydroxylation is 1. The van der Waals surface area contributed by atoms with Gasteiger partial charge in [-0.3, -0.25) is 0 Å². The zero-order chi connectivity index (χ0) is 14.4. The fraction of sp³-hybridized carbons (Fsp3) is 0.600. The highest BCUT2D eigenvalue weighted by Gasteiger charge is 2.47. The average molecular weight is 282 g/mol. The van der Waals surface area contributed by atoms with Crippen LogP contribution in [0.2, 0.25) is 0 Å². The van der Waals surface area contributed by atoms with E-state index in [0.717, 1.165) is 17.6 Å². The van der Waals surface area contributed by atoms with Crippen LogP contribution in [0.4, 0.5) is 0 Å². The Kier molecular flexibility index (Phi) is 3.13. The standard InChI is InChI=1S/C20H26O/c1-20-12-4-3-5-15(20)7-9-18-17-10-8-16(21-2)13-14(17)6-11-19(18)20/h8-10,13,15,19H,3-7,11-12H2,1-2H3/t15-,19+,20+/m1/s1. The van der Waals surface area contributed by atoms with E-state index in [-0.39, 0.29) is 0 Å². The van der Waals surface area contributed by atoms with Crippen LogP contribution in [0, 0.1) is 17.3 Å². The lowest BCUT2D eigenvalue weighted by molar-refractivity contribution is 0.0586. The second kappa shape index (κ2) is 4.90. The lowest BCUT2D eigenvalue weighted by Gasteiger charge is -2.52. The van der Waals surface area contributed by atoms with Crippen LogP contribution in [0.15, 0.2) is 24.3 Å². The molecule has 112 valence electrons. The smallest absolute Gasteiger partial charge is 0.119 e. The van der Waals surface area contributed by atoms with Crippen molar-refractivity contribution in [3.63, 3.8) is 0 Å². The topological polar surface area (TPSA) is 9.23 Å². The molecule has 0 N–H and O–H groups in total. The van der Waals surface area contributed by atoms with E-state index in [0.29, 0.717) is 5.41 Å². The number of hydrogen-bond donors (Lipinski definition) is 0. The highest BCUT2D eigenvalue weighted by Crippen LogP contribution is 2.58. The lowest BCUT2D eigenvalue weighted by Crippen LogP contribution is -2.42. The van der Waals surface area contributed by atoms with E-state index in [4.69, 9.17) is 4.74 Å². The van der Waals surface area contributed by atoms with Crippen LogP contribution < -0.4 is 4.74 Å². The first-order valence-corrected chi connectivity index (χ1v) is 8.60. The van der Waals surface area contributed by atoms with Crippen molar-refractivity contribution in [1.29, 1.82) is 0 Å². The summed E-state index contributed by atoms with van der Waals surface area (Å²) in [5.41, 5.74) is 5.21. The number of fused-ring (bicyclic) bond motifs is 5. The Morgan fingerprint density at radius 3 is 2.95 bits per heavy atom. The molecule has 1 fully saturated rings. The Labute approximate surface area is 128 Å². The largest absolute Gasteiger partial charge is 0.497 e. The Bertz CT molecular complexity index is 586. The third-order valence-corrected chi connectivity index (χ3v) is 6.57. The lowest BCUT2D eigenvalue weighted by atomic mass is 9.52. The molecule has 1 nitrogen and oxygen atoms in total. The van der Waals surface area contributed by atoms with E-state index in [9.17, 15) is 0 Å². The zero-order valence-electron chi connectivity index (χ0n) is 13.3. The summed E-state index contributed by atoms with van der Waals surface area (Å²) in [6.07, 6.45) is 12.2. The molecule has 0 spiro atoms. The maximum Gasteiger partial charge on any atom is 0.119 e. The highest BCUT2D eigenvalue weighted by molar-refractivity contribution is 5.74. The Morgan fingerprint density at radius 1 is 1.19 bits per heavy atom. The van der Waals surface area contributed by atoms with E-state index >= 15 is 0 Å². The van der Waals surface area contributed by atoms with Crippen LogP contribution in [-0.2, 0) is 6.42 Å². The van der Waals surface area contributed by atoms with Gasteiger partial charge < -0.3 is 4.74 Å². The fourth-order valence-corrected chi connectivity index (χ4v) is 5.31. The minimum Gasteiger partial charge on any atom is -0.497 e. The highest BCUT2D eigenvalue weighted by atomic mass is 16.5. The second-order valence-electron chi connectivity index (χ2n) is 7.46. The third kappa shape index (κ3) is 1.97. The van der Waals surface area contributed by atoms with Crippen molar-refractivity contribution in [3.8, 4) is 5.75 Å². The summed E-state index contributed by atoms with van der Waals surface area (Å²) in [7, 11) is 1.76. The summed E-state index contributed by atoms with van der Waals surface area (Å²) < 4.78 is 5.40. The molecule has 0 heterocycles. The van der Waals surface area contributed by atoms with Gasteiger partial charge in [0.25, 0.3) is 0 Å². The van der Waals surface area contributed by atoms with Crippen molar-refractivity contribution in [3.05, 3.63) is 35.4 Å². The quantitative estimate of drug-likeness (QED) is 0.684. The van der Waals surface area contributed by atoms with Crippen molar-refractivity contribution < 1.29 is 4.74 Å². The molecule has 0 unspecified atom stereocenters. The van der Waals surface area contributed by atoms with Gasteiger partial charge in [-0.25, -0.2) is 0 Å². The molecule has 0 radical (unpaired) electrons. The molecule has 3 atom stereocenters. The van der Waals surface area contributed by atoms with Crippen LogP contribution >= 0.6 is 0 Å². The van der Waals surface area contributed by atoms with Crippen LogP contribution in [-0.4, -0.2) is 7.11 Å². The van der Waals surface area contributed by atoms with Gasteiger partial charge in [-0.05, 0) is 78.2 Å². The first-order chi connectivity index (χ1) is 10.2. The summed E-state index contributed by atoms with van der Waals surface area (Å²) in [6.45, 7) is 2.59. The predicted molar refractivity (Wildman–Crippen MR) is 87.5 cm³/mol. The van der Waals surface area contributed by atoms with Gasteiger partial charge in [0.05, 0.1) is 7.11 Å². The number of rotatable bonds is 1. The van der Waals surface area contributed by atoms with Crippen molar-refractivity contribution in [2.24, 2.45) is 17.3 Å². The van der Waals surface area contributed by atoms with Gasteiger partial charge in [0.1, 0.15) is 5.75 Å². The molecule has 1 heteroatoms. The van der Waals surface area contributed by atoms with Crippen molar-refractivity contribution in [2.45, 2.75) is 51.9 Å². The number of ether oxygens (including phenoxy) is 1. The normalized spacial score (nSPS) is 34.3. The Hall–Kier alpha value is -1.24. The van der Waals surface area contributed by atoms with Gasteiger partial charge >= 0.3 is 0 Å². The number of hydrogen-bond acceptors (Lipinski definition) is 1. The van der Waals surface area contributed by atoms with E-state index in [1.54, 1.807) is 12.7 Å². The predicted octanol–water partition coefficient (Wildman–Crippen LogP) is 5.24. The second-order valence-corrected chi connectivity index (χ2v) is 7.46. The van der Waals surface area contributed by atoms with Crippen LogP contribution in [0.1, 0.15) is 56.6 Å². The maximum atomic E-state index is 5.40. The molecule has 0 aliphatic heterocycles. The van der Waals surface area contributed by atoms with E-state index < -0.39 is 0 Å². The molecular formula is C20H26O. The van der Waals surface area contributed by atoms with Gasteiger partial charge in [-0.15, -0.1) is 0 Å². The minimum absolute atomic E-state index is 0.556. The van der Waals surface area contributed by atoms with E-state index in [2.05, 4.69) is 31.2 Å². The van der Waals surface area contributed by atoms with Gasteiger partial charge in [-0.1, -0.05) is 31.9 Å². The molecular weight excluding hydrogens is 256 g/mol. The first kappa shape index (κ1) is 13.4. The van der Waals surface area contributed by atoms with Gasteiger partial charge in [0.15, 0.2) is 0 Å². The Morgan fingerprint density at radius 2 is 2.10 bits per heavy atom. The maximum absolute atomic E-state index is 5.40. The molecule has 3 aliphatic rings. The first-order valence-electron chi connectivity index (χ1n) is 8.60. The monoisotopic (exact) mass is 282 g/mol. The summed E-state index contributed by atoms with van der Waals surface area (Å²) in [5.74, 6) is 2.72. The van der Waals surface area contributed by atoms with Crippen LogP contribution in [0.25, 0.3) is 5.57 Å². The molecule has 1 saturated carbocycles. The molecule has 0 amide bonds. The summed E-state index contributed by atoms with van der Waals surface area (Å²) >= 11 is 0. The SMILES string of the molecule is COc1ccc2c(c1)CC[C@H]1C2=CC[C@H]2CCCC[C@@]21C. The van der Waals surface area contributed by atoms with Gasteiger partial charge in [-0.2, -0.15) is 0 Å². The average Bonchev–Trinajstić information content (AvgIpc) is 2.53. The summed E-state index contributed by atoms with van der Waals surface area (Å²) in [4.78, 5) is 0. The summed E-state index contributed by atoms with van der Waals surface area (Å²) in [6, 6.07) is 6.69. The zero-order valence-corrected chi connectivity index (χ0v) is 13.3. The fourth-order valence-electron chi connectivity index (χ4n) is 5.31. The number of methoxy groups -OCH3 is 1. The van der Waals surface area contributed by atoms with E-state index in [1.165, 1.54) is 56.1 Å². The van der Waals surface area contributed by atoms with Crippen LogP contribution in [0.5, 0.6) is 5.75 Å². The van der Waals surface area contributed by atoms with Crippen molar-refractivity contribution in [1.82, 2.24) is 0 Å². The molecule has 1 aromatic rings. The number of allylic oxidation sites excluding steroid dienone is 2. The Balaban J connectivity index is 1.76. The van der Waals surface area contributed by atoms with Gasteiger partial charge in [0.2, 0.25) is 0 Å².